The minimum absolute atomic E-state index is 0. The highest BCUT2D eigenvalue weighted by Gasteiger charge is 2.39. The standard InChI is InChI=1S/C15H20F2N2O2.ClH/c1-10(12-3-2-11(16)8-13(12)17)19-14(20)15(9-18)4-6-21-7-5-15;/h2-3,8,10H,4-7,9,18H2,1H3,(H,19,20);1H/t10-;/m1./s1. The van der Waals surface area contributed by atoms with E-state index in [0.717, 1.165) is 6.07 Å². The smallest absolute Gasteiger partial charge is 0.228 e. The zero-order chi connectivity index (χ0) is 15.5. The van der Waals surface area contributed by atoms with Crippen LogP contribution < -0.4 is 11.1 Å². The second kappa shape index (κ2) is 7.85. The molecule has 1 aromatic rings. The summed E-state index contributed by atoms with van der Waals surface area (Å²) in [7, 11) is 0. The van der Waals surface area contributed by atoms with Gasteiger partial charge in [-0.05, 0) is 25.8 Å². The Kier molecular flexibility index (Phi) is 6.71. The fourth-order valence-corrected chi connectivity index (χ4v) is 2.57. The van der Waals surface area contributed by atoms with Crippen molar-refractivity contribution in [3.63, 3.8) is 0 Å². The lowest BCUT2D eigenvalue weighted by atomic mass is 9.79. The number of nitrogens with two attached hydrogens (primary N) is 1. The van der Waals surface area contributed by atoms with Crippen molar-refractivity contribution in [2.45, 2.75) is 25.8 Å². The van der Waals surface area contributed by atoms with Gasteiger partial charge in [0, 0.05) is 31.4 Å². The molecule has 3 N–H and O–H groups in total. The Bertz CT molecular complexity index is 522. The second-order valence-corrected chi connectivity index (χ2v) is 5.46. The number of amides is 1. The number of halogens is 3. The first-order valence-corrected chi connectivity index (χ1v) is 7.02. The zero-order valence-electron chi connectivity index (χ0n) is 12.4. The van der Waals surface area contributed by atoms with Crippen molar-refractivity contribution < 1.29 is 18.3 Å². The van der Waals surface area contributed by atoms with Gasteiger partial charge in [0.15, 0.2) is 0 Å². The summed E-state index contributed by atoms with van der Waals surface area (Å²) in [5.41, 5.74) is 5.35. The van der Waals surface area contributed by atoms with Crippen LogP contribution in [0.4, 0.5) is 8.78 Å². The zero-order valence-corrected chi connectivity index (χ0v) is 13.2. The van der Waals surface area contributed by atoms with Gasteiger partial charge in [0.05, 0.1) is 11.5 Å². The molecular weight excluding hydrogens is 314 g/mol. The van der Waals surface area contributed by atoms with E-state index < -0.39 is 23.1 Å². The number of hydrogen-bond donors (Lipinski definition) is 2. The molecule has 0 spiro atoms. The molecule has 22 heavy (non-hydrogen) atoms. The summed E-state index contributed by atoms with van der Waals surface area (Å²) >= 11 is 0. The van der Waals surface area contributed by atoms with Crippen LogP contribution in [0.15, 0.2) is 18.2 Å². The van der Waals surface area contributed by atoms with E-state index in [1.165, 1.54) is 12.1 Å². The van der Waals surface area contributed by atoms with Crippen LogP contribution in [0.25, 0.3) is 0 Å². The first-order valence-electron chi connectivity index (χ1n) is 7.02. The molecule has 1 aliphatic rings. The monoisotopic (exact) mass is 334 g/mol. The molecule has 0 radical (unpaired) electrons. The maximum absolute atomic E-state index is 13.7. The van der Waals surface area contributed by atoms with Gasteiger partial charge >= 0.3 is 0 Å². The molecule has 1 fully saturated rings. The molecule has 124 valence electrons. The topological polar surface area (TPSA) is 64.4 Å². The molecule has 4 nitrogen and oxygen atoms in total. The maximum atomic E-state index is 13.7. The fourth-order valence-electron chi connectivity index (χ4n) is 2.57. The summed E-state index contributed by atoms with van der Waals surface area (Å²) in [5.74, 6) is -1.52. The summed E-state index contributed by atoms with van der Waals surface area (Å²) in [6.45, 7) is 2.87. The number of carbonyl (C=O) groups is 1. The predicted molar refractivity (Wildman–Crippen MR) is 81.7 cm³/mol. The lowest BCUT2D eigenvalue weighted by Gasteiger charge is -2.35. The van der Waals surface area contributed by atoms with Crippen LogP contribution in [-0.2, 0) is 9.53 Å². The van der Waals surface area contributed by atoms with Gasteiger partial charge in [-0.3, -0.25) is 4.79 Å². The van der Waals surface area contributed by atoms with Crippen molar-refractivity contribution >= 4 is 18.3 Å². The Hall–Kier alpha value is -1.24. The molecule has 0 bridgehead atoms. The molecule has 0 aliphatic carbocycles. The van der Waals surface area contributed by atoms with Crippen LogP contribution in [0.1, 0.15) is 31.4 Å². The molecular formula is C15H21ClF2N2O2. The van der Waals surface area contributed by atoms with Gasteiger partial charge in [0.25, 0.3) is 0 Å². The highest BCUT2D eigenvalue weighted by Crippen LogP contribution is 2.30. The Labute approximate surface area is 134 Å². The van der Waals surface area contributed by atoms with E-state index in [4.69, 9.17) is 10.5 Å². The van der Waals surface area contributed by atoms with Gasteiger partial charge in [0.1, 0.15) is 11.6 Å². The summed E-state index contributed by atoms with van der Waals surface area (Å²) in [4.78, 5) is 12.5. The van der Waals surface area contributed by atoms with E-state index >= 15 is 0 Å². The van der Waals surface area contributed by atoms with Crippen molar-refractivity contribution in [3.8, 4) is 0 Å². The summed E-state index contributed by atoms with van der Waals surface area (Å²) in [6.07, 6.45) is 1.10. The van der Waals surface area contributed by atoms with E-state index in [0.29, 0.717) is 26.1 Å². The lowest BCUT2D eigenvalue weighted by molar-refractivity contribution is -0.136. The van der Waals surface area contributed by atoms with Gasteiger partial charge in [-0.15, -0.1) is 12.4 Å². The highest BCUT2D eigenvalue weighted by molar-refractivity contribution is 5.85. The SMILES string of the molecule is C[C@@H](NC(=O)C1(CN)CCOCC1)c1ccc(F)cc1F.Cl. The summed E-state index contributed by atoms with van der Waals surface area (Å²) < 4.78 is 31.9. The van der Waals surface area contributed by atoms with Crippen molar-refractivity contribution in [3.05, 3.63) is 35.4 Å². The molecule has 1 saturated heterocycles. The third-order valence-corrected chi connectivity index (χ3v) is 4.10. The van der Waals surface area contributed by atoms with Crippen LogP contribution in [0.3, 0.4) is 0 Å². The quantitative estimate of drug-likeness (QED) is 0.888. The van der Waals surface area contributed by atoms with E-state index in [1.54, 1.807) is 6.92 Å². The third-order valence-electron chi connectivity index (χ3n) is 4.10. The van der Waals surface area contributed by atoms with Crippen LogP contribution in [0.5, 0.6) is 0 Å². The van der Waals surface area contributed by atoms with Gasteiger partial charge in [-0.2, -0.15) is 0 Å². The molecule has 1 aliphatic heterocycles. The highest BCUT2D eigenvalue weighted by atomic mass is 35.5. The van der Waals surface area contributed by atoms with E-state index in [-0.39, 0.29) is 30.4 Å². The van der Waals surface area contributed by atoms with Crippen molar-refractivity contribution in [1.82, 2.24) is 5.32 Å². The Morgan fingerprint density at radius 2 is 2.05 bits per heavy atom. The Morgan fingerprint density at radius 3 is 2.59 bits per heavy atom. The summed E-state index contributed by atoms with van der Waals surface area (Å²) in [5, 5.41) is 2.78. The number of carbonyl (C=O) groups excluding carboxylic acids is 1. The van der Waals surface area contributed by atoms with Crippen LogP contribution in [0.2, 0.25) is 0 Å². The molecule has 0 unspecified atom stereocenters. The van der Waals surface area contributed by atoms with Gasteiger partial charge < -0.3 is 15.8 Å². The van der Waals surface area contributed by atoms with Crippen LogP contribution >= 0.6 is 12.4 Å². The molecule has 2 rings (SSSR count). The van der Waals surface area contributed by atoms with Gasteiger partial charge in [0.2, 0.25) is 5.91 Å². The largest absolute Gasteiger partial charge is 0.381 e. The van der Waals surface area contributed by atoms with Crippen molar-refractivity contribution in [2.24, 2.45) is 11.1 Å². The molecule has 1 atom stereocenters. The van der Waals surface area contributed by atoms with Crippen LogP contribution in [-0.4, -0.2) is 25.7 Å². The number of rotatable bonds is 4. The van der Waals surface area contributed by atoms with E-state index in [2.05, 4.69) is 5.32 Å². The lowest BCUT2D eigenvalue weighted by Crippen LogP contribution is -2.49. The Morgan fingerprint density at radius 1 is 1.41 bits per heavy atom. The predicted octanol–water partition coefficient (Wildman–Crippen LogP) is 2.32. The maximum Gasteiger partial charge on any atom is 0.228 e. The number of ether oxygens (including phenoxy) is 1. The number of nitrogens with one attached hydrogen (secondary N) is 1. The first-order chi connectivity index (χ1) is 9.98. The van der Waals surface area contributed by atoms with Crippen molar-refractivity contribution in [1.29, 1.82) is 0 Å². The van der Waals surface area contributed by atoms with E-state index in [9.17, 15) is 13.6 Å². The Balaban J connectivity index is 0.00000242. The molecule has 0 saturated carbocycles. The third kappa shape index (κ3) is 3.94. The van der Waals surface area contributed by atoms with Gasteiger partial charge in [-0.1, -0.05) is 6.07 Å². The minimum atomic E-state index is -0.670. The molecule has 1 heterocycles. The summed E-state index contributed by atoms with van der Waals surface area (Å²) in [6, 6.07) is 2.78. The molecule has 0 aromatic heterocycles. The first kappa shape index (κ1) is 18.8. The molecule has 7 heteroatoms. The minimum Gasteiger partial charge on any atom is -0.381 e. The van der Waals surface area contributed by atoms with Crippen LogP contribution in [0, 0.1) is 17.0 Å². The normalized spacial score (nSPS) is 18.2. The number of hydrogen-bond acceptors (Lipinski definition) is 3. The van der Waals surface area contributed by atoms with Gasteiger partial charge in [-0.25, -0.2) is 8.78 Å². The fraction of sp³-hybridized carbons (Fsp3) is 0.533. The average Bonchev–Trinajstić information content (AvgIpc) is 2.47. The second-order valence-electron chi connectivity index (χ2n) is 5.46. The average molecular weight is 335 g/mol. The number of benzene rings is 1. The molecule has 1 amide bonds. The van der Waals surface area contributed by atoms with Crippen molar-refractivity contribution in [2.75, 3.05) is 19.8 Å². The van der Waals surface area contributed by atoms with E-state index in [1.807, 2.05) is 0 Å². The molecule has 1 aromatic carbocycles.